The first kappa shape index (κ1) is 12.1. The van der Waals surface area contributed by atoms with E-state index >= 15 is 0 Å². The van der Waals surface area contributed by atoms with Gasteiger partial charge in [0, 0.05) is 22.7 Å². The average molecular weight is 248 g/mol. The Bertz CT molecular complexity index is 514. The topological polar surface area (TPSA) is 38.9 Å². The van der Waals surface area contributed by atoms with Crippen LogP contribution in [0.15, 0.2) is 52.5 Å². The van der Waals surface area contributed by atoms with Crippen molar-refractivity contribution in [3.63, 3.8) is 0 Å². The van der Waals surface area contributed by atoms with E-state index in [1.807, 2.05) is 19.1 Å². The summed E-state index contributed by atoms with van der Waals surface area (Å²) in [5, 5.41) is 0.757. The number of nitrogens with zero attached hydrogens (tertiary/aromatic N) is 1. The van der Waals surface area contributed by atoms with Gasteiger partial charge in [0.25, 0.3) is 0 Å². The van der Waals surface area contributed by atoms with Crippen LogP contribution in [-0.4, -0.2) is 4.98 Å². The maximum Gasteiger partial charge on any atom is 0.137 e. The summed E-state index contributed by atoms with van der Waals surface area (Å²) in [6, 6.07) is 10.3. The molecule has 1 atom stereocenters. The van der Waals surface area contributed by atoms with Crippen molar-refractivity contribution in [2.75, 3.05) is 0 Å². The monoisotopic (exact) mass is 248 g/mol. The van der Waals surface area contributed by atoms with Crippen molar-refractivity contribution in [3.8, 4) is 0 Å². The third-order valence-corrected chi connectivity index (χ3v) is 3.42. The highest BCUT2D eigenvalue weighted by atomic mass is 32.2. The Labute approximate surface area is 104 Å². The predicted molar refractivity (Wildman–Crippen MR) is 67.4 cm³/mol. The van der Waals surface area contributed by atoms with Crippen molar-refractivity contribution >= 4 is 11.8 Å². The van der Waals surface area contributed by atoms with Crippen molar-refractivity contribution in [1.29, 1.82) is 0 Å². The predicted octanol–water partition coefficient (Wildman–Crippen LogP) is 3.39. The molecule has 17 heavy (non-hydrogen) atoms. The second kappa shape index (κ2) is 5.29. The molecule has 1 aromatic carbocycles. The summed E-state index contributed by atoms with van der Waals surface area (Å²) in [5.41, 5.74) is 6.79. The van der Waals surface area contributed by atoms with E-state index in [0.717, 1.165) is 10.6 Å². The van der Waals surface area contributed by atoms with Gasteiger partial charge < -0.3 is 5.73 Å². The quantitative estimate of drug-likeness (QED) is 0.905. The van der Waals surface area contributed by atoms with Crippen LogP contribution in [-0.2, 0) is 0 Å². The number of benzene rings is 1. The summed E-state index contributed by atoms with van der Waals surface area (Å²) in [6.45, 7) is 1.89. The highest BCUT2D eigenvalue weighted by Gasteiger charge is 2.11. The van der Waals surface area contributed by atoms with E-state index in [4.69, 9.17) is 5.73 Å². The van der Waals surface area contributed by atoms with Crippen molar-refractivity contribution in [1.82, 2.24) is 4.98 Å². The molecule has 0 fully saturated rings. The second-order valence-electron chi connectivity index (χ2n) is 3.72. The van der Waals surface area contributed by atoms with E-state index in [9.17, 15) is 4.39 Å². The molecular weight excluding hydrogens is 235 g/mol. The Morgan fingerprint density at radius 3 is 2.71 bits per heavy atom. The van der Waals surface area contributed by atoms with Gasteiger partial charge in [-0.25, -0.2) is 9.37 Å². The first-order valence-corrected chi connectivity index (χ1v) is 6.13. The van der Waals surface area contributed by atoms with Gasteiger partial charge in [-0.15, -0.1) is 0 Å². The van der Waals surface area contributed by atoms with E-state index in [1.165, 1.54) is 17.8 Å². The molecule has 88 valence electrons. The fraction of sp³-hybridized carbons (Fsp3) is 0.154. The summed E-state index contributed by atoms with van der Waals surface area (Å²) < 4.78 is 13.5. The third kappa shape index (κ3) is 2.84. The van der Waals surface area contributed by atoms with Gasteiger partial charge in [-0.05, 0) is 25.1 Å². The number of hydrogen-bond donors (Lipinski definition) is 1. The minimum absolute atomic E-state index is 0.113. The molecule has 0 saturated carbocycles. The molecule has 0 bridgehead atoms. The van der Waals surface area contributed by atoms with Crippen LogP contribution < -0.4 is 5.73 Å². The maximum atomic E-state index is 13.5. The molecule has 0 saturated heterocycles. The molecular formula is C13H13FN2S. The summed E-state index contributed by atoms with van der Waals surface area (Å²) in [7, 11) is 0. The van der Waals surface area contributed by atoms with Gasteiger partial charge >= 0.3 is 0 Å². The Morgan fingerprint density at radius 2 is 2.00 bits per heavy atom. The molecule has 0 amide bonds. The van der Waals surface area contributed by atoms with E-state index in [1.54, 1.807) is 24.4 Å². The standard InChI is InChI=1S/C13H13FN2S/c1-9(15)10-5-4-8-16-13(10)17-12-7-3-2-6-11(12)14/h2-9H,15H2,1H3/t9-/m1/s1. The average Bonchev–Trinajstić information content (AvgIpc) is 2.32. The van der Waals surface area contributed by atoms with Gasteiger partial charge in [0.2, 0.25) is 0 Å². The van der Waals surface area contributed by atoms with Crippen LogP contribution in [0, 0.1) is 5.82 Å². The number of halogens is 1. The van der Waals surface area contributed by atoms with Crippen molar-refractivity contribution in [3.05, 3.63) is 54.0 Å². The zero-order valence-electron chi connectivity index (χ0n) is 9.43. The van der Waals surface area contributed by atoms with Crippen LogP contribution >= 0.6 is 11.8 Å². The maximum absolute atomic E-state index is 13.5. The summed E-state index contributed by atoms with van der Waals surface area (Å²) >= 11 is 1.30. The molecule has 1 aromatic heterocycles. The minimum Gasteiger partial charge on any atom is -0.324 e. The normalized spacial score (nSPS) is 12.4. The van der Waals surface area contributed by atoms with Crippen LogP contribution in [0.25, 0.3) is 0 Å². The lowest BCUT2D eigenvalue weighted by Gasteiger charge is -2.10. The lowest BCUT2D eigenvalue weighted by molar-refractivity contribution is 0.601. The molecule has 1 heterocycles. The lowest BCUT2D eigenvalue weighted by atomic mass is 10.2. The SMILES string of the molecule is C[C@@H](N)c1cccnc1Sc1ccccc1F. The zero-order chi connectivity index (χ0) is 12.3. The van der Waals surface area contributed by atoms with Gasteiger partial charge in [-0.2, -0.15) is 0 Å². The van der Waals surface area contributed by atoms with Crippen LogP contribution in [0.2, 0.25) is 0 Å². The molecule has 0 spiro atoms. The lowest BCUT2D eigenvalue weighted by Crippen LogP contribution is -2.07. The summed E-state index contributed by atoms with van der Waals surface area (Å²) in [6.07, 6.45) is 1.69. The second-order valence-corrected chi connectivity index (χ2v) is 4.75. The third-order valence-electron chi connectivity index (χ3n) is 2.33. The van der Waals surface area contributed by atoms with Gasteiger partial charge in [0.15, 0.2) is 0 Å². The molecule has 2 N–H and O–H groups in total. The fourth-order valence-corrected chi connectivity index (χ4v) is 2.47. The van der Waals surface area contributed by atoms with Crippen LogP contribution in [0.1, 0.15) is 18.5 Å². The van der Waals surface area contributed by atoms with E-state index in [-0.39, 0.29) is 11.9 Å². The zero-order valence-corrected chi connectivity index (χ0v) is 10.2. The fourth-order valence-electron chi connectivity index (χ4n) is 1.47. The summed E-state index contributed by atoms with van der Waals surface area (Å²) in [4.78, 5) is 4.82. The Balaban J connectivity index is 2.34. The van der Waals surface area contributed by atoms with E-state index < -0.39 is 0 Å². The van der Waals surface area contributed by atoms with Gasteiger partial charge in [0.05, 0.1) is 0 Å². The number of rotatable bonds is 3. The molecule has 0 aliphatic rings. The van der Waals surface area contributed by atoms with E-state index in [2.05, 4.69) is 4.98 Å². The molecule has 4 heteroatoms. The first-order chi connectivity index (χ1) is 8.18. The molecule has 0 aliphatic carbocycles. The highest BCUT2D eigenvalue weighted by molar-refractivity contribution is 7.99. The van der Waals surface area contributed by atoms with Crippen LogP contribution in [0.4, 0.5) is 4.39 Å². The molecule has 0 unspecified atom stereocenters. The Hall–Kier alpha value is -1.39. The number of aromatic nitrogens is 1. The number of hydrogen-bond acceptors (Lipinski definition) is 3. The molecule has 2 rings (SSSR count). The van der Waals surface area contributed by atoms with E-state index in [0.29, 0.717) is 4.90 Å². The van der Waals surface area contributed by atoms with Gasteiger partial charge in [-0.1, -0.05) is 30.0 Å². The van der Waals surface area contributed by atoms with Gasteiger partial charge in [0.1, 0.15) is 10.8 Å². The van der Waals surface area contributed by atoms with Crippen molar-refractivity contribution < 1.29 is 4.39 Å². The molecule has 2 aromatic rings. The number of pyridine rings is 1. The largest absolute Gasteiger partial charge is 0.324 e. The highest BCUT2D eigenvalue weighted by Crippen LogP contribution is 2.32. The van der Waals surface area contributed by atoms with Crippen molar-refractivity contribution in [2.45, 2.75) is 22.9 Å². The van der Waals surface area contributed by atoms with Crippen LogP contribution in [0.5, 0.6) is 0 Å². The Kier molecular flexibility index (Phi) is 3.76. The van der Waals surface area contributed by atoms with Gasteiger partial charge in [-0.3, -0.25) is 0 Å². The Morgan fingerprint density at radius 1 is 1.24 bits per heavy atom. The minimum atomic E-state index is -0.237. The molecule has 2 nitrogen and oxygen atoms in total. The number of nitrogens with two attached hydrogens (primary N) is 1. The first-order valence-electron chi connectivity index (χ1n) is 5.31. The molecule has 0 aliphatic heterocycles. The van der Waals surface area contributed by atoms with Crippen LogP contribution in [0.3, 0.4) is 0 Å². The summed E-state index contributed by atoms with van der Waals surface area (Å²) in [5.74, 6) is -0.237. The smallest absolute Gasteiger partial charge is 0.137 e. The van der Waals surface area contributed by atoms with Crippen molar-refractivity contribution in [2.24, 2.45) is 5.73 Å². The molecule has 0 radical (unpaired) electrons.